The van der Waals surface area contributed by atoms with Gasteiger partial charge < -0.3 is 11.0 Å². The first-order valence-corrected chi connectivity index (χ1v) is 1.73. The second-order valence-electron chi connectivity index (χ2n) is 0.0680. The van der Waals surface area contributed by atoms with Gasteiger partial charge >= 0.3 is 22.5 Å². The summed E-state index contributed by atoms with van der Waals surface area (Å²) in [4.78, 5) is 0. The summed E-state index contributed by atoms with van der Waals surface area (Å²) in [6, 6.07) is 0. The van der Waals surface area contributed by atoms with E-state index in [4.69, 9.17) is 7.67 Å². The molecule has 0 saturated carbocycles. The molecule has 0 saturated heterocycles. The van der Waals surface area contributed by atoms with Crippen molar-refractivity contribution in [1.29, 1.82) is 0 Å². The molecular formula is MnO4Se-4. The van der Waals surface area contributed by atoms with Crippen LogP contribution < -0.4 is 0 Å². The average Bonchev–Trinajstić information content (AvgIpc) is 0.918. The summed E-state index contributed by atoms with van der Waals surface area (Å²) >= 11 is -1.62. The SMILES string of the molecule is O=[Se]=O.[Mn].[O-2].[O-2]. The van der Waals surface area contributed by atoms with Gasteiger partial charge in [-0.25, -0.2) is 0 Å². The van der Waals surface area contributed by atoms with Gasteiger partial charge in [-0.05, 0) is 0 Å². The average molecular weight is 198 g/mol. The Labute approximate surface area is 51.0 Å². The molecule has 0 aliphatic rings. The van der Waals surface area contributed by atoms with Crippen LogP contribution in [0, 0.1) is 0 Å². The molecule has 41 valence electrons. The molecule has 0 aromatic rings. The van der Waals surface area contributed by atoms with Gasteiger partial charge in [0.15, 0.2) is 0 Å². The van der Waals surface area contributed by atoms with Gasteiger partial charge in [0.05, 0.1) is 0 Å². The predicted molar refractivity (Wildman–Crippen MR) is 8.50 cm³/mol. The van der Waals surface area contributed by atoms with Crippen LogP contribution in [0.1, 0.15) is 0 Å². The first kappa shape index (κ1) is 31.0. The summed E-state index contributed by atoms with van der Waals surface area (Å²) in [6.45, 7) is 0. The van der Waals surface area contributed by atoms with E-state index in [1.807, 2.05) is 0 Å². The molecule has 6 heteroatoms. The first-order chi connectivity index (χ1) is 1.41. The third-order valence-corrected chi connectivity index (χ3v) is 0. The van der Waals surface area contributed by atoms with Crippen LogP contribution in [0.15, 0.2) is 0 Å². The van der Waals surface area contributed by atoms with Gasteiger partial charge in [0.2, 0.25) is 0 Å². The van der Waals surface area contributed by atoms with Crippen molar-refractivity contribution in [2.24, 2.45) is 0 Å². The zero-order valence-corrected chi connectivity index (χ0v) is 5.31. The van der Waals surface area contributed by atoms with E-state index in [-0.39, 0.29) is 28.0 Å². The van der Waals surface area contributed by atoms with E-state index in [0.717, 1.165) is 0 Å². The molecule has 0 rings (SSSR count). The number of hydrogen-bond acceptors (Lipinski definition) is 2. The summed E-state index contributed by atoms with van der Waals surface area (Å²) in [5.41, 5.74) is 0. The minimum atomic E-state index is -1.62. The summed E-state index contributed by atoms with van der Waals surface area (Å²) in [6.07, 6.45) is 0. The van der Waals surface area contributed by atoms with E-state index < -0.39 is 14.8 Å². The molecule has 0 aromatic carbocycles. The largest absolute Gasteiger partial charge is 2.00 e. The first-order valence-electron chi connectivity index (χ1n) is 0.333. The Morgan fingerprint density at radius 3 is 1.00 bits per heavy atom. The van der Waals surface area contributed by atoms with Crippen molar-refractivity contribution in [2.75, 3.05) is 0 Å². The van der Waals surface area contributed by atoms with Crippen molar-refractivity contribution in [3.05, 3.63) is 0 Å². The Hall–Kier alpha value is 0.559. The third kappa shape index (κ3) is 185. The molecule has 0 spiro atoms. The van der Waals surface area contributed by atoms with E-state index >= 15 is 0 Å². The van der Waals surface area contributed by atoms with Crippen molar-refractivity contribution >= 4 is 14.8 Å². The molecule has 0 unspecified atom stereocenters. The fourth-order valence-corrected chi connectivity index (χ4v) is 0. The zero-order chi connectivity index (χ0) is 2.71. The van der Waals surface area contributed by atoms with E-state index in [1.54, 1.807) is 0 Å². The maximum absolute atomic E-state index is 8.44. The molecule has 0 bridgehead atoms. The Bertz CT molecular complexity index is 28.5. The smallest absolute Gasteiger partial charge is 0 e. The summed E-state index contributed by atoms with van der Waals surface area (Å²) in [5.74, 6) is 0. The zero-order valence-electron chi connectivity index (χ0n) is 2.42. The molecule has 0 amide bonds. The molecular weight excluding hydrogens is 198 g/mol. The topological polar surface area (TPSA) is 91.1 Å². The second-order valence-corrected chi connectivity index (χ2v) is 0.354. The second kappa shape index (κ2) is 47.5. The van der Waals surface area contributed by atoms with Gasteiger partial charge in [-0.3, -0.25) is 0 Å². The quantitative estimate of drug-likeness (QED) is 0.473. The van der Waals surface area contributed by atoms with Crippen molar-refractivity contribution in [2.45, 2.75) is 0 Å². The molecule has 0 fully saturated rings. The van der Waals surface area contributed by atoms with Crippen molar-refractivity contribution in [3.63, 3.8) is 0 Å². The van der Waals surface area contributed by atoms with Crippen LogP contribution in [0.4, 0.5) is 0 Å². The van der Waals surface area contributed by atoms with Crippen molar-refractivity contribution in [3.8, 4) is 0 Å². The predicted octanol–water partition coefficient (Wildman–Crippen LogP) is -0.859. The summed E-state index contributed by atoms with van der Waals surface area (Å²) < 4.78 is 16.9. The fourth-order valence-electron chi connectivity index (χ4n) is 0. The monoisotopic (exact) mass is 199 g/mol. The van der Waals surface area contributed by atoms with Gasteiger partial charge in [-0.2, -0.15) is 0 Å². The third-order valence-electron chi connectivity index (χ3n) is 0. The van der Waals surface area contributed by atoms with Crippen LogP contribution in [-0.2, 0) is 35.7 Å². The van der Waals surface area contributed by atoms with E-state index in [0.29, 0.717) is 0 Å². The molecule has 0 aliphatic heterocycles. The fraction of sp³-hybridized carbons (Fsp3) is 0. The van der Waals surface area contributed by atoms with Crippen molar-refractivity contribution in [1.82, 2.24) is 0 Å². The Balaban J connectivity index is -0.00000000667. The molecule has 0 aliphatic carbocycles. The molecule has 0 heterocycles. The molecule has 4 nitrogen and oxygen atoms in total. The number of hydrogen-bond donors (Lipinski definition) is 0. The molecule has 0 atom stereocenters. The van der Waals surface area contributed by atoms with E-state index in [2.05, 4.69) is 0 Å². The molecule has 6 heavy (non-hydrogen) atoms. The van der Waals surface area contributed by atoms with Gasteiger partial charge in [0, 0.05) is 17.1 Å². The Kier molecular flexibility index (Phi) is 245. The number of rotatable bonds is 0. The minimum Gasteiger partial charge on any atom is -2.00 e. The minimum absolute atomic E-state index is 0. The van der Waals surface area contributed by atoms with Crippen LogP contribution in [-0.4, -0.2) is 14.8 Å². The van der Waals surface area contributed by atoms with Gasteiger partial charge in [-0.1, -0.05) is 0 Å². The Morgan fingerprint density at radius 1 is 1.00 bits per heavy atom. The van der Waals surface area contributed by atoms with Gasteiger partial charge in [0.25, 0.3) is 0 Å². The molecule has 1 radical (unpaired) electrons. The Morgan fingerprint density at radius 2 is 1.00 bits per heavy atom. The summed E-state index contributed by atoms with van der Waals surface area (Å²) in [5, 5.41) is 0. The maximum Gasteiger partial charge on any atom is 0 e. The maximum atomic E-state index is 8.44. The van der Waals surface area contributed by atoms with E-state index in [1.165, 1.54) is 0 Å². The van der Waals surface area contributed by atoms with Crippen molar-refractivity contribution < 1.29 is 35.7 Å². The van der Waals surface area contributed by atoms with Crippen LogP contribution >= 0.6 is 0 Å². The van der Waals surface area contributed by atoms with Crippen LogP contribution in [0.2, 0.25) is 0 Å². The van der Waals surface area contributed by atoms with E-state index in [9.17, 15) is 0 Å². The molecule has 0 N–H and O–H groups in total. The van der Waals surface area contributed by atoms with Gasteiger partial charge in [-0.15, -0.1) is 0 Å². The van der Waals surface area contributed by atoms with Crippen LogP contribution in [0.5, 0.6) is 0 Å². The van der Waals surface area contributed by atoms with Gasteiger partial charge in [0.1, 0.15) is 0 Å². The standard InChI is InChI=1S/Mn.O2Se.2O/c;1-3-2;;/q;;2*-2. The normalized spacial score (nSPS) is 2.00. The van der Waals surface area contributed by atoms with Crippen LogP contribution in [0.3, 0.4) is 0 Å². The summed E-state index contributed by atoms with van der Waals surface area (Å²) in [7, 11) is 0. The van der Waals surface area contributed by atoms with Crippen LogP contribution in [0.25, 0.3) is 0 Å². The molecule has 0 aromatic heterocycles.